The van der Waals surface area contributed by atoms with E-state index < -0.39 is 0 Å². The second-order valence-electron chi connectivity index (χ2n) is 9.71. The quantitative estimate of drug-likeness (QED) is 0.259. The van der Waals surface area contributed by atoms with Crippen LogP contribution in [-0.2, 0) is 0 Å². The number of allylic oxidation sites excluding steroid dienone is 1. The van der Waals surface area contributed by atoms with Crippen molar-refractivity contribution in [3.05, 3.63) is 90.2 Å². The minimum Gasteiger partial charge on any atom is -0.439 e. The topological polar surface area (TPSA) is 99.7 Å². The van der Waals surface area contributed by atoms with Gasteiger partial charge in [-0.1, -0.05) is 31.4 Å². The first-order valence-corrected chi connectivity index (χ1v) is 13.8. The Balaban J connectivity index is 1.29. The first kappa shape index (κ1) is 25.6. The van der Waals surface area contributed by atoms with Gasteiger partial charge in [-0.3, -0.25) is 9.69 Å². The molecule has 6 rings (SSSR count). The van der Waals surface area contributed by atoms with Crippen LogP contribution in [-0.4, -0.2) is 45.9 Å². The van der Waals surface area contributed by atoms with E-state index in [0.29, 0.717) is 50.6 Å². The Morgan fingerprint density at radius 2 is 2.02 bits per heavy atom. The van der Waals surface area contributed by atoms with Crippen LogP contribution in [0.1, 0.15) is 28.2 Å². The molecule has 0 unspecified atom stereocenters. The number of nitrogens with zero attached hydrogens (tertiary/aromatic N) is 4. The summed E-state index contributed by atoms with van der Waals surface area (Å²) < 4.78 is 5.86. The van der Waals surface area contributed by atoms with Crippen molar-refractivity contribution in [1.82, 2.24) is 20.2 Å². The molecule has 4 aromatic rings. The number of hydrogen-bond donors (Lipinski definition) is 2. The molecular formula is C30H28N6O3S. The Morgan fingerprint density at radius 3 is 2.80 bits per heavy atom. The Morgan fingerprint density at radius 1 is 1.20 bits per heavy atom. The van der Waals surface area contributed by atoms with E-state index in [2.05, 4.69) is 38.7 Å². The van der Waals surface area contributed by atoms with Gasteiger partial charge in [0.2, 0.25) is 5.88 Å². The summed E-state index contributed by atoms with van der Waals surface area (Å²) in [5.74, 6) is 0.876. The van der Waals surface area contributed by atoms with Gasteiger partial charge in [-0.2, -0.15) is 0 Å². The Kier molecular flexibility index (Phi) is 6.69. The average Bonchev–Trinajstić information content (AvgIpc) is 3.33. The summed E-state index contributed by atoms with van der Waals surface area (Å²) in [6, 6.07) is 14.3. The number of aromatic nitrogens is 2. The number of aryl methyl sites for hydroxylation is 1. The number of pyridine rings is 2. The highest BCUT2D eigenvalue weighted by Gasteiger charge is 2.34. The lowest BCUT2D eigenvalue weighted by atomic mass is 10.0. The Bertz CT molecular complexity index is 1650. The van der Waals surface area contributed by atoms with Crippen molar-refractivity contribution >= 4 is 50.6 Å². The molecule has 2 N–H and O–H groups in total. The third-order valence-corrected chi connectivity index (χ3v) is 8.19. The van der Waals surface area contributed by atoms with Gasteiger partial charge in [-0.25, -0.2) is 14.8 Å². The molecule has 0 radical (unpaired) electrons. The van der Waals surface area contributed by atoms with Crippen LogP contribution in [0.2, 0.25) is 0 Å². The molecule has 0 saturated carbocycles. The molecule has 3 aromatic heterocycles. The van der Waals surface area contributed by atoms with Crippen LogP contribution < -0.4 is 20.3 Å². The fourth-order valence-corrected chi connectivity index (χ4v) is 6.17. The van der Waals surface area contributed by atoms with Crippen molar-refractivity contribution in [3.8, 4) is 11.6 Å². The zero-order valence-electron chi connectivity index (χ0n) is 22.0. The summed E-state index contributed by atoms with van der Waals surface area (Å²) in [5, 5.41) is 6.84. The smallest absolute Gasteiger partial charge is 0.331 e. The van der Waals surface area contributed by atoms with Gasteiger partial charge in [0.05, 0.1) is 28.1 Å². The lowest BCUT2D eigenvalue weighted by Gasteiger charge is -2.35. The number of hydrogen-bond acceptors (Lipinski definition) is 7. The summed E-state index contributed by atoms with van der Waals surface area (Å²) in [6.45, 7) is 11.2. The molecule has 9 nitrogen and oxygen atoms in total. The van der Waals surface area contributed by atoms with Gasteiger partial charge < -0.3 is 20.3 Å². The molecular weight excluding hydrogens is 524 g/mol. The highest BCUT2D eigenvalue weighted by molar-refractivity contribution is 7.21. The van der Waals surface area contributed by atoms with Crippen LogP contribution in [0, 0.1) is 6.92 Å². The van der Waals surface area contributed by atoms with E-state index >= 15 is 0 Å². The summed E-state index contributed by atoms with van der Waals surface area (Å²) in [7, 11) is 0. The van der Waals surface area contributed by atoms with Crippen LogP contribution in [0.5, 0.6) is 11.6 Å². The first-order chi connectivity index (χ1) is 19.4. The number of rotatable bonds is 7. The third-order valence-electron chi connectivity index (χ3n) is 7.09. The van der Waals surface area contributed by atoms with E-state index in [1.807, 2.05) is 43.3 Å². The normalized spacial score (nSPS) is 16.4. The van der Waals surface area contributed by atoms with Crippen LogP contribution >= 0.6 is 11.3 Å². The maximum Gasteiger partial charge on any atom is 0.331 e. The predicted molar refractivity (Wildman–Crippen MR) is 158 cm³/mol. The lowest BCUT2D eigenvalue weighted by Crippen LogP contribution is -2.47. The molecule has 2 aliphatic rings. The van der Waals surface area contributed by atoms with Gasteiger partial charge in [-0.05, 0) is 50.1 Å². The minimum atomic E-state index is -0.375. The van der Waals surface area contributed by atoms with Crippen LogP contribution in [0.25, 0.3) is 10.2 Å². The predicted octanol–water partition coefficient (Wildman–Crippen LogP) is 6.37. The average molecular weight is 553 g/mol. The Hall–Kier alpha value is -4.70. The Labute approximate surface area is 235 Å². The molecule has 0 spiro atoms. The van der Waals surface area contributed by atoms with Crippen molar-refractivity contribution in [3.63, 3.8) is 0 Å². The van der Waals surface area contributed by atoms with Gasteiger partial charge in [0.15, 0.2) is 0 Å². The molecule has 1 atom stereocenters. The monoisotopic (exact) mass is 552 g/mol. The number of carbonyl (C=O) groups is 2. The molecule has 5 heterocycles. The largest absolute Gasteiger partial charge is 0.439 e. The van der Waals surface area contributed by atoms with Crippen LogP contribution in [0.3, 0.4) is 0 Å². The van der Waals surface area contributed by atoms with E-state index in [1.54, 1.807) is 29.3 Å². The molecule has 40 heavy (non-hydrogen) atoms. The fraction of sp³-hybridized carbons (Fsp3) is 0.200. The molecule has 202 valence electrons. The van der Waals surface area contributed by atoms with Crippen LogP contribution in [0.15, 0.2) is 79.7 Å². The van der Waals surface area contributed by atoms with Gasteiger partial charge >= 0.3 is 6.03 Å². The second-order valence-corrected chi connectivity index (χ2v) is 10.7. The number of likely N-dealkylation sites (tertiary alicyclic amines) is 1. The summed E-state index contributed by atoms with van der Waals surface area (Å²) in [4.78, 5) is 40.9. The number of piperidine rings is 1. The van der Waals surface area contributed by atoms with Gasteiger partial charge in [0.1, 0.15) is 15.5 Å². The maximum atomic E-state index is 13.5. The molecule has 2 aliphatic heterocycles. The third kappa shape index (κ3) is 4.66. The summed E-state index contributed by atoms with van der Waals surface area (Å²) >= 11 is 1.27. The van der Waals surface area contributed by atoms with Crippen molar-refractivity contribution in [2.24, 2.45) is 0 Å². The van der Waals surface area contributed by atoms with Crippen molar-refractivity contribution in [1.29, 1.82) is 0 Å². The summed E-state index contributed by atoms with van der Waals surface area (Å²) in [6.07, 6.45) is 5.19. The highest BCUT2D eigenvalue weighted by Crippen LogP contribution is 2.46. The first-order valence-electron chi connectivity index (χ1n) is 13.0. The number of amides is 3. The van der Waals surface area contributed by atoms with Gasteiger partial charge in [-0.15, -0.1) is 11.3 Å². The summed E-state index contributed by atoms with van der Waals surface area (Å²) in [5.41, 5.74) is 3.21. The van der Waals surface area contributed by atoms with E-state index in [1.165, 1.54) is 11.3 Å². The number of urea groups is 1. The zero-order chi connectivity index (χ0) is 27.8. The number of anilines is 3. The van der Waals surface area contributed by atoms with Crippen LogP contribution in [0.4, 0.5) is 21.9 Å². The molecule has 1 aromatic carbocycles. The highest BCUT2D eigenvalue weighted by atomic mass is 32.1. The number of ether oxygens (including phenoxy) is 1. The minimum absolute atomic E-state index is 0.0380. The van der Waals surface area contributed by atoms with Crippen molar-refractivity contribution < 1.29 is 14.3 Å². The molecule has 0 aliphatic carbocycles. The van der Waals surface area contributed by atoms with E-state index in [0.717, 1.165) is 30.5 Å². The second kappa shape index (κ2) is 10.5. The van der Waals surface area contributed by atoms with E-state index in [9.17, 15) is 9.59 Å². The number of thiophene rings is 1. The van der Waals surface area contributed by atoms with E-state index in [4.69, 9.17) is 4.74 Å². The fourth-order valence-electron chi connectivity index (χ4n) is 5.15. The zero-order valence-corrected chi connectivity index (χ0v) is 22.8. The number of nitrogens with one attached hydrogen (secondary N) is 2. The van der Waals surface area contributed by atoms with Crippen molar-refractivity contribution in [2.75, 3.05) is 23.3 Å². The SMILES string of the molecule is C=CC(=C)N1CCC[C@@H](NC(=O)c2sc3nccc4c3c2NC(=O)N4c2ccc(Oc3ccccc3)nc2C)C1. The number of benzene rings is 1. The molecule has 0 bridgehead atoms. The molecule has 3 amide bonds. The molecule has 1 saturated heterocycles. The van der Waals surface area contributed by atoms with Gasteiger partial charge in [0.25, 0.3) is 5.91 Å². The maximum absolute atomic E-state index is 13.5. The lowest BCUT2D eigenvalue weighted by molar-refractivity contribution is 0.0920. The molecule has 10 heteroatoms. The van der Waals surface area contributed by atoms with Crippen molar-refractivity contribution in [2.45, 2.75) is 25.8 Å². The number of carbonyl (C=O) groups excluding carboxylic acids is 2. The number of para-hydroxylation sites is 1. The molecule has 1 fully saturated rings. The van der Waals surface area contributed by atoms with Gasteiger partial charge in [0, 0.05) is 37.1 Å². The standard InChI is InChI=1S/C30H28N6O3S/c1-4-18(2)35-16-8-9-20(17-35)33-28(37)27-26-25-23(14-15-31-29(25)40-27)36(30(38)34-26)22-12-13-24(32-19(22)3)39-21-10-6-5-7-11-21/h4-7,10-15,20H,1-2,8-9,16-17H2,3H3,(H,33,37)(H,34,38)/t20-/m1/s1. The van der Waals surface area contributed by atoms with E-state index in [-0.39, 0.29) is 18.0 Å².